The Hall–Kier alpha value is -4.58. The number of benzene rings is 4. The highest BCUT2D eigenvalue weighted by atomic mass is 16.5. The number of carbonyl (C=O) groups is 2. The Labute approximate surface area is 222 Å². The monoisotopic (exact) mass is 510 g/mol. The zero-order valence-corrected chi connectivity index (χ0v) is 21.5. The maximum atomic E-state index is 12.5. The van der Waals surface area contributed by atoms with Gasteiger partial charge in [0.2, 0.25) is 0 Å². The third kappa shape index (κ3) is 7.23. The Bertz CT molecular complexity index is 1260. The van der Waals surface area contributed by atoms with Crippen molar-refractivity contribution >= 4 is 11.9 Å². The standard InChI is InChI=1S/C32H30O6/c1-35-29-15-13-25(19-31(33)37-21-23-9-5-3-6-10-23)17-27(29)28-18-26(14-16-30(28)36-2)20-32(34)38-22-24-11-7-4-8-12-24/h3-18H,19-22H2,1-2H3. The molecule has 0 atom stereocenters. The minimum absolute atomic E-state index is 0.109. The predicted molar refractivity (Wildman–Crippen MR) is 145 cm³/mol. The number of esters is 2. The van der Waals surface area contributed by atoms with Crippen LogP contribution in [0, 0.1) is 0 Å². The van der Waals surface area contributed by atoms with Crippen LogP contribution >= 0.6 is 0 Å². The minimum Gasteiger partial charge on any atom is -0.496 e. The van der Waals surface area contributed by atoms with Gasteiger partial charge in [-0.1, -0.05) is 72.8 Å². The number of hydrogen-bond donors (Lipinski definition) is 0. The largest absolute Gasteiger partial charge is 0.496 e. The van der Waals surface area contributed by atoms with Crippen molar-refractivity contribution < 1.29 is 28.5 Å². The number of ether oxygens (including phenoxy) is 4. The van der Waals surface area contributed by atoms with Crippen LogP contribution in [-0.2, 0) is 45.1 Å². The van der Waals surface area contributed by atoms with E-state index >= 15 is 0 Å². The normalized spacial score (nSPS) is 10.5. The first-order valence-electron chi connectivity index (χ1n) is 12.3. The molecule has 0 aliphatic carbocycles. The molecule has 4 aromatic rings. The first-order chi connectivity index (χ1) is 18.6. The summed E-state index contributed by atoms with van der Waals surface area (Å²) in [6.07, 6.45) is 0.218. The number of rotatable bonds is 11. The maximum Gasteiger partial charge on any atom is 0.310 e. The first-order valence-corrected chi connectivity index (χ1v) is 12.3. The Morgan fingerprint density at radius 3 is 1.29 bits per heavy atom. The van der Waals surface area contributed by atoms with Crippen LogP contribution in [0.15, 0.2) is 97.1 Å². The van der Waals surface area contributed by atoms with Crippen molar-refractivity contribution in [1.29, 1.82) is 0 Å². The summed E-state index contributed by atoms with van der Waals surface area (Å²) in [6.45, 7) is 0.442. The van der Waals surface area contributed by atoms with Gasteiger partial charge in [0, 0.05) is 11.1 Å². The van der Waals surface area contributed by atoms with E-state index in [2.05, 4.69) is 0 Å². The lowest BCUT2D eigenvalue weighted by Gasteiger charge is -2.15. The van der Waals surface area contributed by atoms with Crippen molar-refractivity contribution in [2.24, 2.45) is 0 Å². The average Bonchev–Trinajstić information content (AvgIpc) is 2.96. The minimum atomic E-state index is -0.327. The third-order valence-corrected chi connectivity index (χ3v) is 6.00. The summed E-state index contributed by atoms with van der Waals surface area (Å²) in [4.78, 5) is 25.0. The second-order valence-corrected chi connectivity index (χ2v) is 8.72. The second-order valence-electron chi connectivity index (χ2n) is 8.72. The Balaban J connectivity index is 1.50. The van der Waals surface area contributed by atoms with Gasteiger partial charge >= 0.3 is 11.9 Å². The van der Waals surface area contributed by atoms with E-state index in [1.807, 2.05) is 97.1 Å². The summed E-state index contributed by atoms with van der Waals surface area (Å²) in [5.41, 5.74) is 4.90. The van der Waals surface area contributed by atoms with E-state index < -0.39 is 0 Å². The van der Waals surface area contributed by atoms with E-state index in [-0.39, 0.29) is 38.0 Å². The summed E-state index contributed by atoms with van der Waals surface area (Å²) < 4.78 is 22.1. The van der Waals surface area contributed by atoms with Gasteiger partial charge in [-0.25, -0.2) is 0 Å². The van der Waals surface area contributed by atoms with Gasteiger partial charge in [-0.2, -0.15) is 0 Å². The average molecular weight is 511 g/mol. The molecule has 0 fully saturated rings. The van der Waals surface area contributed by atoms with Crippen molar-refractivity contribution in [2.45, 2.75) is 26.1 Å². The van der Waals surface area contributed by atoms with Gasteiger partial charge < -0.3 is 18.9 Å². The van der Waals surface area contributed by atoms with Crippen LogP contribution in [0.4, 0.5) is 0 Å². The van der Waals surface area contributed by atoms with E-state index in [4.69, 9.17) is 18.9 Å². The highest BCUT2D eigenvalue weighted by molar-refractivity contribution is 5.80. The molecule has 38 heavy (non-hydrogen) atoms. The summed E-state index contributed by atoms with van der Waals surface area (Å²) >= 11 is 0. The molecule has 0 heterocycles. The molecule has 6 heteroatoms. The van der Waals surface area contributed by atoms with E-state index in [0.29, 0.717) is 11.5 Å². The van der Waals surface area contributed by atoms with Crippen LogP contribution in [0.1, 0.15) is 22.3 Å². The van der Waals surface area contributed by atoms with Gasteiger partial charge in [0.05, 0.1) is 27.1 Å². The smallest absolute Gasteiger partial charge is 0.310 e. The summed E-state index contributed by atoms with van der Waals surface area (Å²) in [5, 5.41) is 0. The lowest BCUT2D eigenvalue weighted by molar-refractivity contribution is -0.145. The first kappa shape index (κ1) is 26.5. The molecule has 0 N–H and O–H groups in total. The van der Waals surface area contributed by atoms with Gasteiger partial charge in [-0.05, 0) is 46.5 Å². The molecule has 0 spiro atoms. The number of carbonyl (C=O) groups excluding carboxylic acids is 2. The van der Waals surface area contributed by atoms with E-state index in [9.17, 15) is 9.59 Å². The molecule has 0 aliphatic heterocycles. The predicted octanol–water partition coefficient (Wildman–Crippen LogP) is 5.94. The van der Waals surface area contributed by atoms with Crippen LogP contribution in [0.5, 0.6) is 11.5 Å². The van der Waals surface area contributed by atoms with Crippen LogP contribution in [0.3, 0.4) is 0 Å². The summed E-state index contributed by atoms with van der Waals surface area (Å²) in [7, 11) is 3.17. The van der Waals surface area contributed by atoms with Crippen LogP contribution < -0.4 is 9.47 Å². The van der Waals surface area contributed by atoms with Gasteiger partial charge in [-0.15, -0.1) is 0 Å². The molecular weight excluding hydrogens is 480 g/mol. The molecule has 0 bridgehead atoms. The third-order valence-electron chi connectivity index (χ3n) is 6.00. The molecular formula is C32H30O6. The van der Waals surface area contributed by atoms with Crippen LogP contribution in [0.25, 0.3) is 11.1 Å². The highest BCUT2D eigenvalue weighted by Gasteiger charge is 2.16. The van der Waals surface area contributed by atoms with Crippen molar-refractivity contribution in [1.82, 2.24) is 0 Å². The fourth-order valence-corrected chi connectivity index (χ4v) is 4.06. The number of hydrogen-bond acceptors (Lipinski definition) is 6. The molecule has 0 aliphatic rings. The molecule has 0 unspecified atom stereocenters. The molecule has 0 saturated heterocycles. The molecule has 6 nitrogen and oxygen atoms in total. The van der Waals surface area contributed by atoms with Gasteiger partial charge in [0.15, 0.2) is 0 Å². The quantitative estimate of drug-likeness (QED) is 0.233. The summed E-state index contributed by atoms with van der Waals surface area (Å²) in [6, 6.07) is 30.2. The zero-order valence-electron chi connectivity index (χ0n) is 21.5. The van der Waals surface area contributed by atoms with Crippen molar-refractivity contribution in [3.05, 3.63) is 119 Å². The molecule has 0 radical (unpaired) electrons. The Kier molecular flexibility index (Phi) is 9.13. The van der Waals surface area contributed by atoms with E-state index in [1.54, 1.807) is 14.2 Å². The lowest BCUT2D eigenvalue weighted by atomic mass is 9.97. The van der Waals surface area contributed by atoms with Crippen LogP contribution in [-0.4, -0.2) is 26.2 Å². The molecule has 194 valence electrons. The van der Waals surface area contributed by atoms with Crippen molar-refractivity contribution in [2.75, 3.05) is 14.2 Å². The van der Waals surface area contributed by atoms with Crippen molar-refractivity contribution in [3.8, 4) is 22.6 Å². The molecule has 0 aromatic heterocycles. The molecule has 0 saturated carbocycles. The maximum absolute atomic E-state index is 12.5. The van der Waals surface area contributed by atoms with Gasteiger partial charge in [-0.3, -0.25) is 9.59 Å². The Morgan fingerprint density at radius 1 is 0.526 bits per heavy atom. The molecule has 0 amide bonds. The molecule has 4 aromatic carbocycles. The van der Waals surface area contributed by atoms with Gasteiger partial charge in [0.25, 0.3) is 0 Å². The zero-order chi connectivity index (χ0) is 26.7. The highest BCUT2D eigenvalue weighted by Crippen LogP contribution is 2.38. The van der Waals surface area contributed by atoms with E-state index in [0.717, 1.165) is 33.4 Å². The van der Waals surface area contributed by atoms with Gasteiger partial charge in [0.1, 0.15) is 24.7 Å². The SMILES string of the molecule is COc1ccc(CC(=O)OCc2ccccc2)cc1-c1cc(CC(=O)OCc2ccccc2)ccc1OC. The van der Waals surface area contributed by atoms with Crippen molar-refractivity contribution in [3.63, 3.8) is 0 Å². The van der Waals surface area contributed by atoms with E-state index in [1.165, 1.54) is 0 Å². The number of methoxy groups -OCH3 is 2. The second kappa shape index (κ2) is 13.1. The topological polar surface area (TPSA) is 71.1 Å². The fraction of sp³-hybridized carbons (Fsp3) is 0.188. The van der Waals surface area contributed by atoms with Crippen LogP contribution in [0.2, 0.25) is 0 Å². The Morgan fingerprint density at radius 2 is 0.921 bits per heavy atom. The fourth-order valence-electron chi connectivity index (χ4n) is 4.06. The lowest BCUT2D eigenvalue weighted by Crippen LogP contribution is -2.09. The molecule has 4 rings (SSSR count). The summed E-state index contributed by atoms with van der Waals surface area (Å²) in [5.74, 6) is 0.584.